The third kappa shape index (κ3) is 3.16. The number of aryl methyl sites for hydroxylation is 2. The molecule has 0 saturated carbocycles. The summed E-state index contributed by atoms with van der Waals surface area (Å²) in [5, 5.41) is 12.8. The molecular formula is C13H20ClN5. The van der Waals surface area contributed by atoms with Crippen molar-refractivity contribution in [3.63, 3.8) is 0 Å². The second-order valence-corrected chi connectivity index (χ2v) is 4.89. The largest absolute Gasteiger partial charge is 0.313 e. The van der Waals surface area contributed by atoms with E-state index in [2.05, 4.69) is 29.4 Å². The van der Waals surface area contributed by atoms with Gasteiger partial charge < -0.3 is 5.32 Å². The van der Waals surface area contributed by atoms with E-state index in [9.17, 15) is 0 Å². The Morgan fingerprint density at radius 1 is 1.37 bits per heavy atom. The average Bonchev–Trinajstić information content (AvgIpc) is 2.96. The Kier molecular flexibility index (Phi) is 4.61. The lowest BCUT2D eigenvalue weighted by Crippen LogP contribution is -2.11. The van der Waals surface area contributed by atoms with Crippen molar-refractivity contribution in [2.75, 3.05) is 6.54 Å². The van der Waals surface area contributed by atoms with Crippen molar-refractivity contribution in [1.82, 2.24) is 24.9 Å². The summed E-state index contributed by atoms with van der Waals surface area (Å²) in [7, 11) is 1.92. The maximum Gasteiger partial charge on any atom is 0.0869 e. The molecular weight excluding hydrogens is 262 g/mol. The molecule has 104 valence electrons. The molecule has 5 nitrogen and oxygen atoms in total. The first kappa shape index (κ1) is 14.1. The number of hydrogen-bond acceptors (Lipinski definition) is 3. The van der Waals surface area contributed by atoms with Crippen LogP contribution in [-0.2, 0) is 26.6 Å². The first-order valence-corrected chi connectivity index (χ1v) is 6.95. The number of hydrogen-bond donors (Lipinski definition) is 1. The van der Waals surface area contributed by atoms with E-state index in [1.165, 1.54) is 5.56 Å². The molecule has 0 radical (unpaired) electrons. The van der Waals surface area contributed by atoms with Gasteiger partial charge in [-0.05, 0) is 13.0 Å². The van der Waals surface area contributed by atoms with E-state index >= 15 is 0 Å². The Bertz CT molecular complexity index is 543. The van der Waals surface area contributed by atoms with E-state index in [1.807, 2.05) is 28.8 Å². The summed E-state index contributed by atoms with van der Waals surface area (Å²) in [6.07, 6.45) is 4.77. The second kappa shape index (κ2) is 6.21. The SMILES string of the molecule is CCNCc1cnn(Cc2c(Cl)c(CC)nn2C)c1. The second-order valence-electron chi connectivity index (χ2n) is 4.51. The van der Waals surface area contributed by atoms with Crippen molar-refractivity contribution in [1.29, 1.82) is 0 Å². The highest BCUT2D eigenvalue weighted by Crippen LogP contribution is 2.21. The molecule has 2 heterocycles. The molecule has 0 aliphatic carbocycles. The van der Waals surface area contributed by atoms with Crippen LogP contribution in [0.3, 0.4) is 0 Å². The van der Waals surface area contributed by atoms with Gasteiger partial charge in [0.25, 0.3) is 0 Å². The monoisotopic (exact) mass is 281 g/mol. The first-order valence-electron chi connectivity index (χ1n) is 6.58. The number of aromatic nitrogens is 4. The van der Waals surface area contributed by atoms with Gasteiger partial charge in [0.05, 0.1) is 29.2 Å². The molecule has 6 heteroatoms. The number of halogens is 1. The predicted molar refractivity (Wildman–Crippen MR) is 76.3 cm³/mol. The summed E-state index contributed by atoms with van der Waals surface area (Å²) in [5.41, 5.74) is 3.12. The normalized spacial score (nSPS) is 11.2. The summed E-state index contributed by atoms with van der Waals surface area (Å²) in [6.45, 7) is 6.59. The zero-order valence-corrected chi connectivity index (χ0v) is 12.4. The third-order valence-electron chi connectivity index (χ3n) is 3.08. The number of nitrogens with one attached hydrogen (secondary N) is 1. The van der Waals surface area contributed by atoms with Gasteiger partial charge in [0.1, 0.15) is 0 Å². The van der Waals surface area contributed by atoms with Gasteiger partial charge in [-0.3, -0.25) is 9.36 Å². The van der Waals surface area contributed by atoms with E-state index in [0.29, 0.717) is 6.54 Å². The highest BCUT2D eigenvalue weighted by atomic mass is 35.5. The fourth-order valence-electron chi connectivity index (χ4n) is 2.00. The lowest BCUT2D eigenvalue weighted by molar-refractivity contribution is 0.617. The van der Waals surface area contributed by atoms with Gasteiger partial charge in [0.2, 0.25) is 0 Å². The Morgan fingerprint density at radius 2 is 2.16 bits per heavy atom. The maximum absolute atomic E-state index is 6.33. The maximum atomic E-state index is 6.33. The topological polar surface area (TPSA) is 47.7 Å². The van der Waals surface area contributed by atoms with Gasteiger partial charge in [0, 0.05) is 25.4 Å². The zero-order valence-electron chi connectivity index (χ0n) is 11.6. The van der Waals surface area contributed by atoms with Crippen LogP contribution in [0.5, 0.6) is 0 Å². The minimum absolute atomic E-state index is 0.647. The molecule has 2 aromatic rings. The van der Waals surface area contributed by atoms with Crippen LogP contribution in [-0.4, -0.2) is 26.1 Å². The Labute approximate surface area is 118 Å². The predicted octanol–water partition coefficient (Wildman–Crippen LogP) is 1.99. The van der Waals surface area contributed by atoms with Gasteiger partial charge in [-0.1, -0.05) is 25.4 Å². The van der Waals surface area contributed by atoms with Crippen molar-refractivity contribution in [2.45, 2.75) is 33.4 Å². The molecule has 0 aromatic carbocycles. The number of rotatable bonds is 6. The molecule has 2 aromatic heterocycles. The van der Waals surface area contributed by atoms with Crippen LogP contribution in [0.4, 0.5) is 0 Å². The van der Waals surface area contributed by atoms with Crippen molar-refractivity contribution >= 4 is 11.6 Å². The minimum Gasteiger partial charge on any atom is -0.313 e. The standard InChI is InChI=1S/C13H20ClN5/c1-4-11-13(14)12(18(3)17-11)9-19-8-10(7-16-19)6-15-5-2/h7-8,15H,4-6,9H2,1-3H3. The van der Waals surface area contributed by atoms with E-state index in [1.54, 1.807) is 0 Å². The molecule has 0 aliphatic heterocycles. The molecule has 0 aliphatic rings. The van der Waals surface area contributed by atoms with Crippen LogP contribution in [0, 0.1) is 0 Å². The zero-order chi connectivity index (χ0) is 13.8. The smallest absolute Gasteiger partial charge is 0.0869 e. The number of nitrogens with zero attached hydrogens (tertiary/aromatic N) is 4. The molecule has 0 unspecified atom stereocenters. The molecule has 2 rings (SSSR count). The van der Waals surface area contributed by atoms with E-state index < -0.39 is 0 Å². The van der Waals surface area contributed by atoms with Gasteiger partial charge in [-0.2, -0.15) is 10.2 Å². The third-order valence-corrected chi connectivity index (χ3v) is 3.52. The minimum atomic E-state index is 0.647. The molecule has 0 saturated heterocycles. The molecule has 0 spiro atoms. The summed E-state index contributed by atoms with van der Waals surface area (Å²) < 4.78 is 3.74. The molecule has 19 heavy (non-hydrogen) atoms. The summed E-state index contributed by atoms with van der Waals surface area (Å²) in [5.74, 6) is 0. The van der Waals surface area contributed by atoms with E-state index in [-0.39, 0.29) is 0 Å². The van der Waals surface area contributed by atoms with Crippen LogP contribution in [0.15, 0.2) is 12.4 Å². The summed E-state index contributed by atoms with van der Waals surface area (Å²) in [4.78, 5) is 0. The quantitative estimate of drug-likeness (QED) is 0.881. The Hall–Kier alpha value is -1.33. The average molecular weight is 282 g/mol. The van der Waals surface area contributed by atoms with E-state index in [4.69, 9.17) is 11.6 Å². The van der Waals surface area contributed by atoms with Crippen molar-refractivity contribution < 1.29 is 0 Å². The molecule has 0 amide bonds. The summed E-state index contributed by atoms with van der Waals surface area (Å²) >= 11 is 6.33. The van der Waals surface area contributed by atoms with Crippen molar-refractivity contribution in [3.8, 4) is 0 Å². The van der Waals surface area contributed by atoms with Gasteiger partial charge in [-0.15, -0.1) is 0 Å². The van der Waals surface area contributed by atoms with E-state index in [0.717, 1.165) is 35.9 Å². The first-order chi connectivity index (χ1) is 9.15. The van der Waals surface area contributed by atoms with Crippen LogP contribution >= 0.6 is 11.6 Å². The lowest BCUT2D eigenvalue weighted by atomic mass is 10.3. The molecule has 0 atom stereocenters. The highest BCUT2D eigenvalue weighted by Gasteiger charge is 2.13. The highest BCUT2D eigenvalue weighted by molar-refractivity contribution is 6.31. The van der Waals surface area contributed by atoms with Gasteiger partial charge in [0.15, 0.2) is 0 Å². The molecule has 0 bridgehead atoms. The fraction of sp³-hybridized carbons (Fsp3) is 0.538. The summed E-state index contributed by atoms with van der Waals surface area (Å²) in [6, 6.07) is 0. The van der Waals surface area contributed by atoms with Crippen LogP contribution in [0.25, 0.3) is 0 Å². The lowest BCUT2D eigenvalue weighted by Gasteiger charge is -2.03. The van der Waals surface area contributed by atoms with Crippen LogP contribution in [0.1, 0.15) is 30.8 Å². The Balaban J connectivity index is 2.12. The van der Waals surface area contributed by atoms with Gasteiger partial charge in [-0.25, -0.2) is 0 Å². The Morgan fingerprint density at radius 3 is 2.79 bits per heavy atom. The molecule has 0 fully saturated rings. The van der Waals surface area contributed by atoms with Crippen LogP contribution in [0.2, 0.25) is 5.02 Å². The van der Waals surface area contributed by atoms with Crippen molar-refractivity contribution in [2.24, 2.45) is 7.05 Å². The molecule has 1 N–H and O–H groups in total. The van der Waals surface area contributed by atoms with Crippen molar-refractivity contribution in [3.05, 3.63) is 34.4 Å². The van der Waals surface area contributed by atoms with Gasteiger partial charge >= 0.3 is 0 Å². The van der Waals surface area contributed by atoms with Crippen LogP contribution < -0.4 is 5.32 Å². The fourth-order valence-corrected chi connectivity index (χ4v) is 2.35.